The van der Waals surface area contributed by atoms with Crippen LogP contribution in [0.2, 0.25) is 5.02 Å². The smallest absolute Gasteiger partial charge is 0.147 e. The summed E-state index contributed by atoms with van der Waals surface area (Å²) in [5.74, 6) is 1.81. The Hall–Kier alpha value is -2.16. The summed E-state index contributed by atoms with van der Waals surface area (Å²) in [6, 6.07) is 8.99. The van der Waals surface area contributed by atoms with E-state index in [1.54, 1.807) is 18.7 Å². The van der Waals surface area contributed by atoms with Crippen molar-refractivity contribution >= 4 is 57.8 Å². The molecule has 1 aliphatic heterocycles. The minimum Gasteiger partial charge on any atom is -0.497 e. The second-order valence-electron chi connectivity index (χ2n) is 8.09. The fraction of sp³-hybridized carbons (Fsp3) is 0.375. The number of ether oxygens (including phenoxy) is 1. The molecule has 0 unspecified atom stereocenters. The molecule has 5 nitrogen and oxygen atoms in total. The van der Waals surface area contributed by atoms with Gasteiger partial charge in [0.2, 0.25) is 0 Å². The van der Waals surface area contributed by atoms with Gasteiger partial charge in [-0.2, -0.15) is 0 Å². The Morgan fingerprint density at radius 1 is 1.30 bits per heavy atom. The van der Waals surface area contributed by atoms with Crippen LogP contribution in [-0.4, -0.2) is 25.2 Å². The summed E-state index contributed by atoms with van der Waals surface area (Å²) in [6.45, 7) is 4.24. The predicted octanol–water partition coefficient (Wildman–Crippen LogP) is 7.82. The molecule has 1 atom stereocenters. The van der Waals surface area contributed by atoms with Gasteiger partial charge < -0.3 is 19.7 Å². The van der Waals surface area contributed by atoms with Crippen LogP contribution in [0.15, 0.2) is 46.1 Å². The quantitative estimate of drug-likeness (QED) is 0.288. The number of rotatable bonds is 9. The summed E-state index contributed by atoms with van der Waals surface area (Å²) in [7, 11) is 1.67. The maximum absolute atomic E-state index is 14.9. The third-order valence-electron chi connectivity index (χ3n) is 5.75. The summed E-state index contributed by atoms with van der Waals surface area (Å²) in [4.78, 5) is 6.96. The Bertz CT molecular complexity index is 1060. The van der Waals surface area contributed by atoms with E-state index >= 15 is 0 Å². The molecule has 0 amide bonds. The summed E-state index contributed by atoms with van der Waals surface area (Å²) in [5.41, 5.74) is 4.18. The molecule has 176 valence electrons. The Balaban J connectivity index is 1.56. The number of piperidine rings is 1. The number of anilines is 4. The number of hydrogen-bond donors (Lipinski definition) is 2. The number of thiazole rings is 1. The fourth-order valence-electron chi connectivity index (χ4n) is 4.15. The molecule has 2 aromatic carbocycles. The van der Waals surface area contributed by atoms with E-state index in [4.69, 9.17) is 16.3 Å². The number of hydrogen-bond acceptors (Lipinski definition) is 7. The highest BCUT2D eigenvalue weighted by Crippen LogP contribution is 2.39. The van der Waals surface area contributed by atoms with Crippen molar-refractivity contribution in [2.24, 2.45) is 5.92 Å². The average Bonchev–Trinajstić information content (AvgIpc) is 3.35. The number of nitrogens with zero attached hydrogens (tertiary/aromatic N) is 2. The molecule has 9 heteroatoms. The molecule has 33 heavy (non-hydrogen) atoms. The van der Waals surface area contributed by atoms with Gasteiger partial charge in [0.05, 0.1) is 39.6 Å². The predicted molar refractivity (Wildman–Crippen MR) is 139 cm³/mol. The number of halogens is 2. The van der Waals surface area contributed by atoms with Gasteiger partial charge in [-0.15, -0.1) is 11.3 Å². The van der Waals surface area contributed by atoms with Crippen LogP contribution in [0, 0.1) is 11.7 Å². The summed E-state index contributed by atoms with van der Waals surface area (Å²) < 4.78 is 23.4. The van der Waals surface area contributed by atoms with Crippen molar-refractivity contribution in [3.05, 3.63) is 52.1 Å². The first-order chi connectivity index (χ1) is 16.1. The van der Waals surface area contributed by atoms with E-state index in [1.165, 1.54) is 36.7 Å². The molecule has 0 radical (unpaired) electrons. The van der Waals surface area contributed by atoms with Crippen molar-refractivity contribution in [3.8, 4) is 5.75 Å². The van der Waals surface area contributed by atoms with Crippen LogP contribution in [-0.2, 0) is 0 Å². The molecule has 1 aromatic heterocycles. The first-order valence-corrected chi connectivity index (χ1v) is 13.2. The molecule has 1 fully saturated rings. The van der Waals surface area contributed by atoms with Crippen molar-refractivity contribution < 1.29 is 9.13 Å². The van der Waals surface area contributed by atoms with Gasteiger partial charge in [0.1, 0.15) is 17.4 Å². The average molecular weight is 507 g/mol. The summed E-state index contributed by atoms with van der Waals surface area (Å²) in [5, 5.41) is 5.67. The first kappa shape index (κ1) is 24.0. The molecule has 0 aliphatic carbocycles. The standard InChI is InChI=1S/C24H28ClFN4OS2/c1-3-5-16-6-4-9-30(13-16)22-10-17(31-2)7-8-20(22)28-21-12-19(26)23(11-18(21)25)33-29-24-14-32-15-27-24/h7-8,10-12,14-16,28-29H,3-6,9,13H2,1-2H3/t16-/m1/s1. The Kier molecular flexibility index (Phi) is 8.22. The molecule has 0 saturated carbocycles. The van der Waals surface area contributed by atoms with Crippen LogP contribution < -0.4 is 19.7 Å². The second kappa shape index (κ2) is 11.3. The Morgan fingerprint density at radius 2 is 2.18 bits per heavy atom. The topological polar surface area (TPSA) is 49.4 Å². The maximum Gasteiger partial charge on any atom is 0.147 e. The highest BCUT2D eigenvalue weighted by Gasteiger charge is 2.22. The molecule has 4 rings (SSSR count). The van der Waals surface area contributed by atoms with Gasteiger partial charge in [-0.05, 0) is 55.3 Å². The largest absolute Gasteiger partial charge is 0.497 e. The van der Waals surface area contributed by atoms with Gasteiger partial charge >= 0.3 is 0 Å². The molecular formula is C24H28ClFN4OS2. The van der Waals surface area contributed by atoms with Crippen LogP contribution >= 0.6 is 34.9 Å². The van der Waals surface area contributed by atoms with E-state index in [0.717, 1.165) is 48.6 Å². The Labute approximate surface area is 207 Å². The van der Waals surface area contributed by atoms with Crippen LogP contribution in [0.4, 0.5) is 27.3 Å². The fourth-order valence-corrected chi connectivity index (χ4v) is 5.64. The lowest BCUT2D eigenvalue weighted by atomic mass is 9.93. The van der Waals surface area contributed by atoms with Gasteiger partial charge in [-0.25, -0.2) is 9.37 Å². The molecule has 0 bridgehead atoms. The van der Waals surface area contributed by atoms with Crippen molar-refractivity contribution in [1.29, 1.82) is 0 Å². The molecular weight excluding hydrogens is 479 g/mol. The molecule has 2 N–H and O–H groups in total. The minimum absolute atomic E-state index is 0.356. The number of aromatic nitrogens is 1. The summed E-state index contributed by atoms with van der Waals surface area (Å²) in [6.07, 6.45) is 4.85. The van der Waals surface area contributed by atoms with Gasteiger partial charge in [-0.1, -0.05) is 24.9 Å². The van der Waals surface area contributed by atoms with Crippen LogP contribution in [0.1, 0.15) is 32.6 Å². The highest BCUT2D eigenvalue weighted by molar-refractivity contribution is 8.00. The third-order valence-corrected chi connectivity index (χ3v) is 7.49. The zero-order chi connectivity index (χ0) is 23.2. The van der Waals surface area contributed by atoms with E-state index in [-0.39, 0.29) is 5.82 Å². The zero-order valence-electron chi connectivity index (χ0n) is 18.7. The van der Waals surface area contributed by atoms with E-state index in [0.29, 0.717) is 27.3 Å². The highest BCUT2D eigenvalue weighted by atomic mass is 35.5. The van der Waals surface area contributed by atoms with Gasteiger partial charge in [0, 0.05) is 30.6 Å². The second-order valence-corrected chi connectivity index (χ2v) is 10.1. The first-order valence-electron chi connectivity index (χ1n) is 11.1. The van der Waals surface area contributed by atoms with Crippen LogP contribution in [0.3, 0.4) is 0 Å². The number of nitrogens with one attached hydrogen (secondary N) is 2. The molecule has 3 aromatic rings. The maximum atomic E-state index is 14.9. The number of methoxy groups -OCH3 is 1. The monoisotopic (exact) mass is 506 g/mol. The van der Waals surface area contributed by atoms with Gasteiger partial charge in [0.25, 0.3) is 0 Å². The van der Waals surface area contributed by atoms with Gasteiger partial charge in [-0.3, -0.25) is 0 Å². The van der Waals surface area contributed by atoms with E-state index in [1.807, 2.05) is 23.6 Å². The van der Waals surface area contributed by atoms with Gasteiger partial charge in [0.15, 0.2) is 0 Å². The zero-order valence-corrected chi connectivity index (χ0v) is 21.1. The van der Waals surface area contributed by atoms with Crippen LogP contribution in [0.5, 0.6) is 5.75 Å². The SMILES string of the molecule is CCC[C@@H]1CCCN(c2cc(OC)ccc2Nc2cc(F)c(SNc3cscn3)cc2Cl)C1. The van der Waals surface area contributed by atoms with E-state index in [2.05, 4.69) is 26.8 Å². The van der Waals surface area contributed by atoms with E-state index in [9.17, 15) is 4.39 Å². The molecule has 0 spiro atoms. The van der Waals surface area contributed by atoms with Crippen molar-refractivity contribution in [2.75, 3.05) is 35.1 Å². The molecule has 1 saturated heterocycles. The summed E-state index contributed by atoms with van der Waals surface area (Å²) >= 11 is 9.18. The van der Waals surface area contributed by atoms with Crippen molar-refractivity contribution in [2.45, 2.75) is 37.5 Å². The minimum atomic E-state index is -0.356. The molecule has 1 aliphatic rings. The number of benzene rings is 2. The van der Waals surface area contributed by atoms with E-state index < -0.39 is 0 Å². The normalized spacial score (nSPS) is 16.0. The lowest BCUT2D eigenvalue weighted by Crippen LogP contribution is -2.35. The lowest BCUT2D eigenvalue weighted by Gasteiger charge is -2.35. The lowest BCUT2D eigenvalue weighted by molar-refractivity contribution is 0.387. The Morgan fingerprint density at radius 3 is 2.94 bits per heavy atom. The van der Waals surface area contributed by atoms with Crippen LogP contribution in [0.25, 0.3) is 0 Å². The van der Waals surface area contributed by atoms with Crippen molar-refractivity contribution in [1.82, 2.24) is 4.98 Å². The van der Waals surface area contributed by atoms with Crippen molar-refractivity contribution in [3.63, 3.8) is 0 Å². The third kappa shape index (κ3) is 6.05. The molecule has 2 heterocycles.